The van der Waals surface area contributed by atoms with Crippen molar-refractivity contribution in [2.45, 2.75) is 19.5 Å². The van der Waals surface area contributed by atoms with E-state index in [1.807, 2.05) is 24.3 Å². The fraction of sp³-hybridized carbons (Fsp3) is 0.308. The molecular weight excluding hydrogens is 214 g/mol. The zero-order valence-corrected chi connectivity index (χ0v) is 10.1. The Bertz CT molecular complexity index is 453. The Balaban J connectivity index is 1.96. The summed E-state index contributed by atoms with van der Waals surface area (Å²) >= 11 is 0. The van der Waals surface area contributed by atoms with Crippen LogP contribution in [0.25, 0.3) is 0 Å². The molecule has 0 saturated carbocycles. The molecular formula is C13H17N3O. The first-order chi connectivity index (χ1) is 8.29. The molecule has 4 heteroatoms. The van der Waals surface area contributed by atoms with Gasteiger partial charge in [0.25, 0.3) is 0 Å². The van der Waals surface area contributed by atoms with Crippen LogP contribution in [-0.4, -0.2) is 17.3 Å². The lowest BCUT2D eigenvalue weighted by molar-refractivity contribution is 0.413. The van der Waals surface area contributed by atoms with Gasteiger partial charge in [-0.05, 0) is 30.7 Å². The third-order valence-corrected chi connectivity index (χ3v) is 2.75. The van der Waals surface area contributed by atoms with Gasteiger partial charge in [0.2, 0.25) is 0 Å². The molecule has 2 aromatic rings. The summed E-state index contributed by atoms with van der Waals surface area (Å²) in [7, 11) is 1.68. The molecule has 1 atom stereocenters. The first-order valence-corrected chi connectivity index (χ1v) is 5.65. The maximum atomic E-state index is 5.21. The Morgan fingerprint density at radius 3 is 3.00 bits per heavy atom. The number of ether oxygens (including phenoxy) is 1. The van der Waals surface area contributed by atoms with Gasteiger partial charge in [0.05, 0.1) is 7.11 Å². The lowest BCUT2D eigenvalue weighted by Gasteiger charge is -2.14. The van der Waals surface area contributed by atoms with Gasteiger partial charge < -0.3 is 10.1 Å². The number of nitrogens with zero attached hydrogens (tertiary/aromatic N) is 1. The topological polar surface area (TPSA) is 49.9 Å². The van der Waals surface area contributed by atoms with E-state index < -0.39 is 0 Å². The average molecular weight is 231 g/mol. The Morgan fingerprint density at radius 2 is 2.29 bits per heavy atom. The molecule has 2 N–H and O–H groups in total. The summed E-state index contributed by atoms with van der Waals surface area (Å²) in [6.45, 7) is 2.91. The highest BCUT2D eigenvalue weighted by molar-refractivity contribution is 5.30. The predicted octanol–water partition coefficient (Wildman–Crippen LogP) is 2.27. The Labute approximate surface area is 101 Å². The minimum atomic E-state index is 0.272. The Morgan fingerprint density at radius 1 is 1.41 bits per heavy atom. The van der Waals surface area contributed by atoms with Crippen molar-refractivity contribution in [3.05, 3.63) is 47.8 Å². The molecule has 1 aromatic heterocycles. The molecule has 2 rings (SSSR count). The van der Waals surface area contributed by atoms with Gasteiger partial charge in [-0.15, -0.1) is 0 Å². The number of benzene rings is 1. The lowest BCUT2D eigenvalue weighted by atomic mass is 10.1. The number of aromatic nitrogens is 2. The van der Waals surface area contributed by atoms with Crippen LogP contribution in [0.2, 0.25) is 0 Å². The van der Waals surface area contributed by atoms with Crippen LogP contribution in [0.5, 0.6) is 5.75 Å². The maximum Gasteiger partial charge on any atom is 0.119 e. The molecule has 0 aliphatic rings. The molecule has 1 heterocycles. The SMILES string of the molecule is COc1cccc([C@H](C)NCc2ccn[nH]2)c1. The molecule has 0 aliphatic heterocycles. The van der Waals surface area contributed by atoms with E-state index in [0.717, 1.165) is 18.0 Å². The van der Waals surface area contributed by atoms with Crippen LogP contribution < -0.4 is 10.1 Å². The second kappa shape index (κ2) is 5.50. The van der Waals surface area contributed by atoms with Gasteiger partial charge >= 0.3 is 0 Å². The Kier molecular flexibility index (Phi) is 3.77. The van der Waals surface area contributed by atoms with Gasteiger partial charge in [0, 0.05) is 24.5 Å². The highest BCUT2D eigenvalue weighted by Crippen LogP contribution is 2.18. The largest absolute Gasteiger partial charge is 0.497 e. The standard InChI is InChI=1S/C13H17N3O/c1-10(14-9-12-6-7-15-16-12)11-4-3-5-13(8-11)17-2/h3-8,10,14H,9H2,1-2H3,(H,15,16)/t10-/m0/s1. The number of aromatic amines is 1. The Hall–Kier alpha value is -1.81. The van der Waals surface area contributed by atoms with Gasteiger partial charge in [0.1, 0.15) is 5.75 Å². The van der Waals surface area contributed by atoms with Crippen LogP contribution in [0.1, 0.15) is 24.2 Å². The van der Waals surface area contributed by atoms with Gasteiger partial charge in [0.15, 0.2) is 0 Å². The van der Waals surface area contributed by atoms with Crippen molar-refractivity contribution in [3.63, 3.8) is 0 Å². The second-order valence-corrected chi connectivity index (χ2v) is 3.96. The summed E-state index contributed by atoms with van der Waals surface area (Å²) in [6.07, 6.45) is 1.76. The number of H-pyrrole nitrogens is 1. The minimum absolute atomic E-state index is 0.272. The van der Waals surface area contributed by atoms with Gasteiger partial charge in [-0.2, -0.15) is 5.10 Å². The third-order valence-electron chi connectivity index (χ3n) is 2.75. The van der Waals surface area contributed by atoms with Gasteiger partial charge in [-0.3, -0.25) is 5.10 Å². The summed E-state index contributed by atoms with van der Waals surface area (Å²) in [5.74, 6) is 0.887. The molecule has 1 aromatic carbocycles. The van der Waals surface area contributed by atoms with Crippen LogP contribution >= 0.6 is 0 Å². The van der Waals surface area contributed by atoms with E-state index in [0.29, 0.717) is 0 Å². The van der Waals surface area contributed by atoms with E-state index in [4.69, 9.17) is 4.74 Å². The predicted molar refractivity (Wildman–Crippen MR) is 66.8 cm³/mol. The number of rotatable bonds is 5. The summed E-state index contributed by atoms with van der Waals surface area (Å²) < 4.78 is 5.21. The monoisotopic (exact) mass is 231 g/mol. The van der Waals surface area contributed by atoms with Crippen molar-refractivity contribution in [2.75, 3.05) is 7.11 Å². The summed E-state index contributed by atoms with van der Waals surface area (Å²) in [5, 5.41) is 10.3. The molecule has 17 heavy (non-hydrogen) atoms. The molecule has 0 saturated heterocycles. The number of nitrogens with one attached hydrogen (secondary N) is 2. The molecule has 0 fully saturated rings. The summed E-state index contributed by atoms with van der Waals surface area (Å²) in [6, 6.07) is 10.3. The molecule has 90 valence electrons. The van der Waals surface area contributed by atoms with E-state index in [1.165, 1.54) is 5.56 Å². The molecule has 4 nitrogen and oxygen atoms in total. The summed E-state index contributed by atoms with van der Waals surface area (Å²) in [4.78, 5) is 0. The fourth-order valence-electron chi connectivity index (χ4n) is 1.67. The van der Waals surface area contributed by atoms with Crippen LogP contribution in [-0.2, 0) is 6.54 Å². The van der Waals surface area contributed by atoms with Gasteiger partial charge in [-0.25, -0.2) is 0 Å². The van der Waals surface area contributed by atoms with Crippen molar-refractivity contribution in [3.8, 4) is 5.75 Å². The molecule has 0 amide bonds. The van der Waals surface area contributed by atoms with Crippen molar-refractivity contribution in [1.82, 2.24) is 15.5 Å². The van der Waals surface area contributed by atoms with Crippen molar-refractivity contribution < 1.29 is 4.74 Å². The fourth-order valence-corrected chi connectivity index (χ4v) is 1.67. The van der Waals surface area contributed by atoms with Crippen molar-refractivity contribution in [2.24, 2.45) is 0 Å². The highest BCUT2D eigenvalue weighted by atomic mass is 16.5. The smallest absolute Gasteiger partial charge is 0.119 e. The number of methoxy groups -OCH3 is 1. The van der Waals surface area contributed by atoms with E-state index in [-0.39, 0.29) is 6.04 Å². The van der Waals surface area contributed by atoms with Crippen molar-refractivity contribution in [1.29, 1.82) is 0 Å². The minimum Gasteiger partial charge on any atom is -0.497 e. The van der Waals surface area contributed by atoms with Crippen LogP contribution in [0.15, 0.2) is 36.5 Å². The molecule has 0 spiro atoms. The zero-order valence-electron chi connectivity index (χ0n) is 10.1. The van der Waals surface area contributed by atoms with Crippen LogP contribution in [0.3, 0.4) is 0 Å². The first kappa shape index (κ1) is 11.7. The normalized spacial score (nSPS) is 12.4. The van der Waals surface area contributed by atoms with Crippen molar-refractivity contribution >= 4 is 0 Å². The maximum absolute atomic E-state index is 5.21. The second-order valence-electron chi connectivity index (χ2n) is 3.96. The van der Waals surface area contributed by atoms with Crippen LogP contribution in [0.4, 0.5) is 0 Å². The third kappa shape index (κ3) is 3.07. The van der Waals surface area contributed by atoms with E-state index in [1.54, 1.807) is 13.3 Å². The zero-order chi connectivity index (χ0) is 12.1. The molecule has 0 aliphatic carbocycles. The quantitative estimate of drug-likeness (QED) is 0.830. The molecule has 0 bridgehead atoms. The first-order valence-electron chi connectivity index (χ1n) is 5.65. The number of hydrogen-bond acceptors (Lipinski definition) is 3. The highest BCUT2D eigenvalue weighted by Gasteiger charge is 2.06. The molecule has 0 unspecified atom stereocenters. The number of hydrogen-bond donors (Lipinski definition) is 2. The summed E-state index contributed by atoms with van der Waals surface area (Å²) in [5.41, 5.74) is 2.30. The van der Waals surface area contributed by atoms with Gasteiger partial charge in [-0.1, -0.05) is 12.1 Å². The average Bonchev–Trinajstić information content (AvgIpc) is 2.89. The van der Waals surface area contributed by atoms with Crippen LogP contribution in [0, 0.1) is 0 Å². The molecule has 0 radical (unpaired) electrons. The van der Waals surface area contributed by atoms with E-state index in [2.05, 4.69) is 28.5 Å². The van der Waals surface area contributed by atoms with E-state index in [9.17, 15) is 0 Å². The van der Waals surface area contributed by atoms with E-state index >= 15 is 0 Å². The lowest BCUT2D eigenvalue weighted by Crippen LogP contribution is -2.18.